The fourth-order valence-corrected chi connectivity index (χ4v) is 2.72. The average Bonchev–Trinajstić information content (AvgIpc) is 3.08. The molecule has 18 heavy (non-hydrogen) atoms. The van der Waals surface area contributed by atoms with Gasteiger partial charge in [0.05, 0.1) is 9.90 Å². The maximum Gasteiger partial charge on any atom is 0.111 e. The summed E-state index contributed by atoms with van der Waals surface area (Å²) in [7, 11) is 0. The van der Waals surface area contributed by atoms with Crippen LogP contribution in [0.4, 0.5) is 0 Å². The predicted octanol–water partition coefficient (Wildman–Crippen LogP) is 3.76. The zero-order valence-corrected chi connectivity index (χ0v) is 11.8. The second kappa shape index (κ2) is 5.13. The van der Waals surface area contributed by atoms with Crippen molar-refractivity contribution in [3.8, 4) is 11.3 Å². The van der Waals surface area contributed by atoms with E-state index in [0.717, 1.165) is 22.7 Å². The van der Waals surface area contributed by atoms with Gasteiger partial charge >= 0.3 is 0 Å². The summed E-state index contributed by atoms with van der Waals surface area (Å²) in [4.78, 5) is 1.10. The first-order valence-electron chi connectivity index (χ1n) is 5.74. The van der Waals surface area contributed by atoms with E-state index in [0.29, 0.717) is 16.1 Å². The Kier molecular flexibility index (Phi) is 3.52. The van der Waals surface area contributed by atoms with Crippen LogP contribution in [0.3, 0.4) is 0 Å². The summed E-state index contributed by atoms with van der Waals surface area (Å²) in [5.74, 6) is 0. The third-order valence-corrected chi connectivity index (χ3v) is 4.15. The largest absolute Gasteiger partial charge is 0.309 e. The molecule has 94 valence electrons. The number of benzene rings is 1. The molecule has 0 bridgehead atoms. The smallest absolute Gasteiger partial charge is 0.111 e. The number of halogens is 2. The molecule has 0 atom stereocenters. The molecule has 6 heteroatoms. The van der Waals surface area contributed by atoms with E-state index >= 15 is 0 Å². The van der Waals surface area contributed by atoms with Crippen LogP contribution in [0.15, 0.2) is 18.2 Å². The molecule has 1 N–H and O–H groups in total. The van der Waals surface area contributed by atoms with Gasteiger partial charge in [-0.3, -0.25) is 0 Å². The molecular weight excluding hydrogens is 289 g/mol. The molecule has 3 nitrogen and oxygen atoms in total. The van der Waals surface area contributed by atoms with Crippen LogP contribution in [-0.4, -0.2) is 15.6 Å². The third kappa shape index (κ3) is 2.67. The molecule has 0 amide bonds. The van der Waals surface area contributed by atoms with Gasteiger partial charge in [-0.2, -0.15) is 0 Å². The van der Waals surface area contributed by atoms with E-state index in [4.69, 9.17) is 23.2 Å². The molecule has 3 rings (SSSR count). The Labute approximate surface area is 119 Å². The first-order valence-corrected chi connectivity index (χ1v) is 7.27. The maximum atomic E-state index is 6.19. The zero-order chi connectivity index (χ0) is 12.5. The number of aromatic nitrogens is 2. The van der Waals surface area contributed by atoms with Crippen LogP contribution >= 0.6 is 34.7 Å². The van der Waals surface area contributed by atoms with E-state index in [9.17, 15) is 0 Å². The van der Waals surface area contributed by atoms with Crippen molar-refractivity contribution in [1.82, 2.24) is 14.9 Å². The van der Waals surface area contributed by atoms with E-state index in [-0.39, 0.29) is 0 Å². The lowest BCUT2D eigenvalue weighted by atomic mass is 10.1. The van der Waals surface area contributed by atoms with Gasteiger partial charge in [-0.1, -0.05) is 27.7 Å². The number of nitrogens with zero attached hydrogens (tertiary/aromatic N) is 2. The number of rotatable bonds is 4. The van der Waals surface area contributed by atoms with E-state index < -0.39 is 0 Å². The van der Waals surface area contributed by atoms with Crippen molar-refractivity contribution < 1.29 is 0 Å². The van der Waals surface area contributed by atoms with Crippen LogP contribution in [0, 0.1) is 0 Å². The van der Waals surface area contributed by atoms with Crippen molar-refractivity contribution in [3.63, 3.8) is 0 Å². The van der Waals surface area contributed by atoms with Crippen molar-refractivity contribution in [2.75, 3.05) is 0 Å². The summed E-state index contributed by atoms with van der Waals surface area (Å²) in [5.41, 5.74) is 1.69. The fraction of sp³-hybridized carbons (Fsp3) is 0.333. The average molecular weight is 300 g/mol. The van der Waals surface area contributed by atoms with Gasteiger partial charge in [0.2, 0.25) is 0 Å². The molecule has 1 heterocycles. The highest BCUT2D eigenvalue weighted by atomic mass is 35.5. The first-order chi connectivity index (χ1) is 8.74. The molecule has 1 aliphatic carbocycles. The summed E-state index contributed by atoms with van der Waals surface area (Å²) in [6.07, 6.45) is 2.53. The SMILES string of the molecule is Clc1ccc(Cl)c(-c2nnsc2CNC2CC2)c1. The van der Waals surface area contributed by atoms with Crippen molar-refractivity contribution in [3.05, 3.63) is 33.1 Å². The number of hydrogen-bond donors (Lipinski definition) is 1. The molecule has 0 unspecified atom stereocenters. The molecule has 0 saturated heterocycles. The molecule has 2 aromatic rings. The third-order valence-electron chi connectivity index (χ3n) is 2.87. The predicted molar refractivity (Wildman–Crippen MR) is 75.2 cm³/mol. The lowest BCUT2D eigenvalue weighted by Gasteiger charge is -2.05. The Morgan fingerprint density at radius 3 is 2.94 bits per heavy atom. The molecule has 1 saturated carbocycles. The van der Waals surface area contributed by atoms with Crippen molar-refractivity contribution >= 4 is 34.7 Å². The van der Waals surface area contributed by atoms with Gasteiger partial charge in [-0.05, 0) is 42.6 Å². The Bertz CT molecular complexity index is 566. The van der Waals surface area contributed by atoms with Gasteiger partial charge in [0, 0.05) is 23.2 Å². The summed E-state index contributed by atoms with van der Waals surface area (Å²) in [6.45, 7) is 0.792. The summed E-state index contributed by atoms with van der Waals surface area (Å²) in [5, 5.41) is 8.94. The molecule has 0 aliphatic heterocycles. The van der Waals surface area contributed by atoms with E-state index in [1.165, 1.54) is 24.4 Å². The van der Waals surface area contributed by atoms with Gasteiger partial charge in [0.1, 0.15) is 5.69 Å². The van der Waals surface area contributed by atoms with E-state index in [1.807, 2.05) is 6.07 Å². The van der Waals surface area contributed by atoms with Crippen molar-refractivity contribution in [1.29, 1.82) is 0 Å². The summed E-state index contributed by atoms with van der Waals surface area (Å²) < 4.78 is 4.02. The second-order valence-corrected chi connectivity index (χ2v) is 6.01. The van der Waals surface area contributed by atoms with Crippen LogP contribution < -0.4 is 5.32 Å². The number of nitrogens with one attached hydrogen (secondary N) is 1. The first kappa shape index (κ1) is 12.4. The normalized spacial score (nSPS) is 15.0. The minimum absolute atomic E-state index is 0.653. The van der Waals surface area contributed by atoms with Gasteiger partial charge in [-0.25, -0.2) is 0 Å². The Hall–Kier alpha value is -0.680. The van der Waals surface area contributed by atoms with Crippen LogP contribution in [0.1, 0.15) is 17.7 Å². The summed E-state index contributed by atoms with van der Waals surface area (Å²) >= 11 is 13.6. The molecule has 0 radical (unpaired) electrons. The van der Waals surface area contributed by atoms with Gasteiger partial charge < -0.3 is 5.32 Å². The highest BCUT2D eigenvalue weighted by molar-refractivity contribution is 7.06. The van der Waals surface area contributed by atoms with Gasteiger partial charge in [0.15, 0.2) is 0 Å². The van der Waals surface area contributed by atoms with Crippen LogP contribution in [0.5, 0.6) is 0 Å². The maximum absolute atomic E-state index is 6.19. The minimum Gasteiger partial charge on any atom is -0.309 e. The minimum atomic E-state index is 0.653. The van der Waals surface area contributed by atoms with Crippen molar-refractivity contribution in [2.24, 2.45) is 0 Å². The molecule has 1 fully saturated rings. The van der Waals surface area contributed by atoms with Crippen molar-refractivity contribution in [2.45, 2.75) is 25.4 Å². The molecule has 0 spiro atoms. The number of hydrogen-bond acceptors (Lipinski definition) is 4. The van der Waals surface area contributed by atoms with Crippen LogP contribution in [-0.2, 0) is 6.54 Å². The van der Waals surface area contributed by atoms with Gasteiger partial charge in [0.25, 0.3) is 0 Å². The van der Waals surface area contributed by atoms with E-state index in [2.05, 4.69) is 14.9 Å². The highest BCUT2D eigenvalue weighted by Gasteiger charge is 2.22. The molecular formula is C12H11Cl2N3S. The Morgan fingerprint density at radius 1 is 1.33 bits per heavy atom. The molecule has 1 aromatic carbocycles. The lowest BCUT2D eigenvalue weighted by Crippen LogP contribution is -2.14. The fourth-order valence-electron chi connectivity index (χ4n) is 1.73. The Balaban J connectivity index is 1.90. The summed E-state index contributed by atoms with van der Waals surface area (Å²) in [6, 6.07) is 6.06. The van der Waals surface area contributed by atoms with E-state index in [1.54, 1.807) is 12.1 Å². The molecule has 1 aliphatic rings. The van der Waals surface area contributed by atoms with Crippen LogP contribution in [0.2, 0.25) is 10.0 Å². The highest BCUT2D eigenvalue weighted by Crippen LogP contribution is 2.33. The quantitative estimate of drug-likeness (QED) is 0.934. The second-order valence-electron chi connectivity index (χ2n) is 4.32. The van der Waals surface area contributed by atoms with Gasteiger partial charge in [-0.15, -0.1) is 5.10 Å². The zero-order valence-electron chi connectivity index (χ0n) is 9.49. The standard InChI is InChI=1S/C12H11Cl2N3S/c13-7-1-4-10(14)9(5-7)12-11(18-17-16-12)6-15-8-2-3-8/h1,4-5,8,15H,2-3,6H2. The molecule has 1 aromatic heterocycles. The monoisotopic (exact) mass is 299 g/mol. The Morgan fingerprint density at radius 2 is 2.17 bits per heavy atom. The van der Waals surface area contributed by atoms with Crippen LogP contribution in [0.25, 0.3) is 11.3 Å². The lowest BCUT2D eigenvalue weighted by molar-refractivity contribution is 0.695. The topological polar surface area (TPSA) is 37.8 Å².